The number of hydrogen-bond donors (Lipinski definition) is 2. The second-order valence-corrected chi connectivity index (χ2v) is 10.5. The first-order chi connectivity index (χ1) is 16.8. The Morgan fingerprint density at radius 1 is 1.09 bits per heavy atom. The van der Waals surface area contributed by atoms with E-state index < -0.39 is 15.9 Å². The minimum Gasteiger partial charge on any atom is -0.482 e. The van der Waals surface area contributed by atoms with E-state index in [1.54, 1.807) is 24.3 Å². The summed E-state index contributed by atoms with van der Waals surface area (Å²) in [4.78, 5) is 24.7. The van der Waals surface area contributed by atoms with E-state index in [0.717, 1.165) is 24.0 Å². The molecule has 3 aromatic carbocycles. The fraction of sp³-hybridized carbons (Fsp3) is 0.231. The van der Waals surface area contributed by atoms with Crippen molar-refractivity contribution >= 4 is 33.2 Å². The zero-order valence-corrected chi connectivity index (χ0v) is 20.0. The first kappa shape index (κ1) is 22.9. The van der Waals surface area contributed by atoms with Crippen LogP contribution in [0.15, 0.2) is 71.6 Å². The van der Waals surface area contributed by atoms with Gasteiger partial charge in [0.15, 0.2) is 6.61 Å². The lowest BCUT2D eigenvalue weighted by atomic mass is 10.0. The Labute approximate surface area is 204 Å². The van der Waals surface area contributed by atoms with Crippen molar-refractivity contribution < 1.29 is 22.7 Å². The normalized spacial score (nSPS) is 15.8. The van der Waals surface area contributed by atoms with Crippen LogP contribution in [0.2, 0.25) is 0 Å². The zero-order valence-electron chi connectivity index (χ0n) is 19.2. The van der Waals surface area contributed by atoms with Gasteiger partial charge in [-0.3, -0.25) is 13.9 Å². The molecule has 8 nitrogen and oxygen atoms in total. The van der Waals surface area contributed by atoms with Crippen LogP contribution < -0.4 is 19.7 Å². The molecule has 0 spiro atoms. The molecule has 2 aliphatic rings. The first-order valence-electron chi connectivity index (χ1n) is 11.4. The average molecular weight is 492 g/mol. The lowest BCUT2D eigenvalue weighted by Crippen LogP contribution is -2.35. The monoisotopic (exact) mass is 491 g/mol. The lowest BCUT2D eigenvalue weighted by molar-refractivity contribution is -0.118. The average Bonchev–Trinajstić information content (AvgIpc) is 2.87. The highest BCUT2D eigenvalue weighted by Crippen LogP contribution is 2.33. The number of para-hydroxylation sites is 1. The predicted octanol–water partition coefficient (Wildman–Crippen LogP) is 3.65. The van der Waals surface area contributed by atoms with Crippen LogP contribution in [-0.2, 0) is 21.2 Å². The second-order valence-electron chi connectivity index (χ2n) is 8.62. The number of ether oxygens (including phenoxy) is 1. The van der Waals surface area contributed by atoms with Crippen LogP contribution in [0.5, 0.6) is 5.75 Å². The van der Waals surface area contributed by atoms with Gasteiger partial charge in [0.1, 0.15) is 5.75 Å². The lowest BCUT2D eigenvalue weighted by Gasteiger charge is -2.30. The molecule has 0 bridgehead atoms. The quantitative estimate of drug-likeness (QED) is 0.567. The van der Waals surface area contributed by atoms with E-state index in [1.165, 1.54) is 16.4 Å². The number of carbonyl (C=O) groups is 2. The molecule has 2 heterocycles. The number of hydrogen-bond acceptors (Lipinski definition) is 5. The smallest absolute Gasteiger partial charge is 0.264 e. The molecule has 2 amide bonds. The topological polar surface area (TPSA) is 105 Å². The molecule has 5 rings (SSSR count). The van der Waals surface area contributed by atoms with Gasteiger partial charge in [-0.15, -0.1) is 0 Å². The molecule has 180 valence electrons. The Kier molecular flexibility index (Phi) is 5.94. The number of rotatable bonds is 5. The van der Waals surface area contributed by atoms with Gasteiger partial charge in [-0.1, -0.05) is 30.3 Å². The largest absolute Gasteiger partial charge is 0.482 e. The zero-order chi connectivity index (χ0) is 24.6. The molecule has 9 heteroatoms. The molecule has 1 unspecified atom stereocenters. The molecule has 0 saturated heterocycles. The van der Waals surface area contributed by atoms with Crippen molar-refractivity contribution in [1.29, 1.82) is 0 Å². The van der Waals surface area contributed by atoms with E-state index >= 15 is 0 Å². The minimum absolute atomic E-state index is 0.0269. The summed E-state index contributed by atoms with van der Waals surface area (Å²) in [5.41, 5.74) is 3.26. The number of aryl methyl sites for hydroxylation is 1. The van der Waals surface area contributed by atoms with Crippen molar-refractivity contribution in [2.75, 3.05) is 22.8 Å². The van der Waals surface area contributed by atoms with Crippen molar-refractivity contribution in [2.24, 2.45) is 0 Å². The second kappa shape index (κ2) is 9.07. The highest BCUT2D eigenvalue weighted by atomic mass is 32.2. The summed E-state index contributed by atoms with van der Waals surface area (Å²) in [5, 5.41) is 5.66. The highest BCUT2D eigenvalue weighted by Gasteiger charge is 2.29. The SMILES string of the molecule is CC(NC(=O)c1cccc(S(=O)(=O)N2CCCc3ccccc32)c1)c1ccc2c(c1)NC(=O)CO2. The third kappa shape index (κ3) is 4.46. The molecule has 0 fully saturated rings. The van der Waals surface area contributed by atoms with E-state index in [2.05, 4.69) is 10.6 Å². The van der Waals surface area contributed by atoms with Crippen molar-refractivity contribution in [3.63, 3.8) is 0 Å². The Hall–Kier alpha value is -3.85. The van der Waals surface area contributed by atoms with Crippen molar-refractivity contribution in [3.05, 3.63) is 83.4 Å². The van der Waals surface area contributed by atoms with Crippen LogP contribution >= 0.6 is 0 Å². The van der Waals surface area contributed by atoms with Gasteiger partial charge in [-0.2, -0.15) is 0 Å². The molecule has 0 aliphatic carbocycles. The molecule has 0 saturated carbocycles. The number of nitrogens with one attached hydrogen (secondary N) is 2. The van der Waals surface area contributed by atoms with Crippen LogP contribution in [-0.4, -0.2) is 33.4 Å². The Balaban J connectivity index is 1.36. The Morgan fingerprint density at radius 2 is 1.91 bits per heavy atom. The third-order valence-electron chi connectivity index (χ3n) is 6.24. The Morgan fingerprint density at radius 3 is 2.77 bits per heavy atom. The van der Waals surface area contributed by atoms with Crippen LogP contribution in [0.1, 0.15) is 40.9 Å². The number of nitrogens with zero attached hydrogens (tertiary/aromatic N) is 1. The number of fused-ring (bicyclic) bond motifs is 2. The molecule has 35 heavy (non-hydrogen) atoms. The summed E-state index contributed by atoms with van der Waals surface area (Å²) in [6, 6.07) is 18.5. The van der Waals surface area contributed by atoms with Crippen LogP contribution in [0, 0.1) is 0 Å². The van der Waals surface area contributed by atoms with Crippen LogP contribution in [0.4, 0.5) is 11.4 Å². The molecule has 0 aromatic heterocycles. The van der Waals surface area contributed by atoms with Crippen molar-refractivity contribution in [3.8, 4) is 5.75 Å². The maximum atomic E-state index is 13.5. The van der Waals surface area contributed by atoms with Gasteiger partial charge in [0.05, 0.1) is 22.3 Å². The molecule has 0 radical (unpaired) electrons. The predicted molar refractivity (Wildman–Crippen MR) is 132 cm³/mol. The van der Waals surface area contributed by atoms with Crippen LogP contribution in [0.25, 0.3) is 0 Å². The fourth-order valence-electron chi connectivity index (χ4n) is 4.41. The fourth-order valence-corrected chi connectivity index (χ4v) is 5.99. The number of carbonyl (C=O) groups excluding carboxylic acids is 2. The summed E-state index contributed by atoms with van der Waals surface area (Å²) in [6.07, 6.45) is 1.57. The number of amides is 2. The van der Waals surface area contributed by atoms with Gasteiger partial charge in [-0.05, 0) is 67.3 Å². The number of benzene rings is 3. The van der Waals surface area contributed by atoms with Gasteiger partial charge in [0, 0.05) is 12.1 Å². The van der Waals surface area contributed by atoms with Gasteiger partial charge in [0.2, 0.25) is 0 Å². The summed E-state index contributed by atoms with van der Waals surface area (Å²) >= 11 is 0. The van der Waals surface area contributed by atoms with E-state index in [4.69, 9.17) is 4.74 Å². The molecule has 2 aliphatic heterocycles. The van der Waals surface area contributed by atoms with E-state index in [9.17, 15) is 18.0 Å². The van der Waals surface area contributed by atoms with Crippen LogP contribution in [0.3, 0.4) is 0 Å². The minimum atomic E-state index is -3.83. The maximum absolute atomic E-state index is 13.5. The third-order valence-corrected chi connectivity index (χ3v) is 8.05. The molecular formula is C26H25N3O5S. The summed E-state index contributed by atoms with van der Waals surface area (Å²) in [5.74, 6) is -0.0589. The van der Waals surface area contributed by atoms with Crippen molar-refractivity contribution in [1.82, 2.24) is 5.32 Å². The van der Waals surface area contributed by atoms with Gasteiger partial charge in [-0.25, -0.2) is 8.42 Å². The summed E-state index contributed by atoms with van der Waals surface area (Å²) < 4.78 is 33.8. The molecule has 1 atom stereocenters. The summed E-state index contributed by atoms with van der Waals surface area (Å²) in [7, 11) is -3.83. The molecule has 3 aromatic rings. The van der Waals surface area contributed by atoms with Gasteiger partial charge < -0.3 is 15.4 Å². The standard InChI is InChI=1S/C26H25N3O5S/c1-17(19-11-12-24-22(15-19)28-25(30)16-34-24)27-26(31)20-7-4-9-21(14-20)35(32,33)29-13-5-8-18-6-2-3-10-23(18)29/h2-4,6-7,9-12,14-15,17H,5,8,13,16H2,1H3,(H,27,31)(H,28,30). The molecular weight excluding hydrogens is 466 g/mol. The van der Waals surface area contributed by atoms with E-state index in [-0.39, 0.29) is 29.0 Å². The summed E-state index contributed by atoms with van der Waals surface area (Å²) in [6.45, 7) is 2.18. The highest BCUT2D eigenvalue weighted by molar-refractivity contribution is 7.92. The number of anilines is 2. The maximum Gasteiger partial charge on any atom is 0.264 e. The van der Waals surface area contributed by atoms with Crippen molar-refractivity contribution in [2.45, 2.75) is 30.7 Å². The van der Waals surface area contributed by atoms with Gasteiger partial charge >= 0.3 is 0 Å². The van der Waals surface area contributed by atoms with E-state index in [0.29, 0.717) is 23.7 Å². The number of sulfonamides is 1. The first-order valence-corrected chi connectivity index (χ1v) is 12.8. The van der Waals surface area contributed by atoms with Gasteiger partial charge in [0.25, 0.3) is 21.8 Å². The Bertz CT molecular complexity index is 1420. The van der Waals surface area contributed by atoms with E-state index in [1.807, 2.05) is 37.3 Å². The molecule has 2 N–H and O–H groups in total.